The molecule has 0 unspecified atom stereocenters. The number of nitrogens with zero attached hydrogens (tertiary/aromatic N) is 1. The predicted molar refractivity (Wildman–Crippen MR) is 48.6 cm³/mol. The SMILES string of the molecule is Cc1ccc2c(c1)CC[N-]CO2.[Ac]. The second kappa shape index (κ2) is 5.34. The average molecular weight is 389 g/mol. The second-order valence-corrected chi connectivity index (χ2v) is 3.08. The maximum Gasteiger partial charge on any atom is 0.119 e. The fourth-order valence-corrected chi connectivity index (χ4v) is 1.42. The normalized spacial score (nSPS) is 14.8. The number of hydrogen-bond donors (Lipinski definition) is 0. The van der Waals surface area contributed by atoms with Gasteiger partial charge >= 0.3 is 0 Å². The number of hydrogen-bond acceptors (Lipinski definition) is 1. The van der Waals surface area contributed by atoms with Crippen LogP contribution in [0.2, 0.25) is 0 Å². The molecule has 67 valence electrons. The molecule has 0 fully saturated rings. The molecule has 0 amide bonds. The Balaban J connectivity index is 0.000000845. The Kier molecular flexibility index (Phi) is 4.72. The Labute approximate surface area is 115 Å². The van der Waals surface area contributed by atoms with Crippen LogP contribution in [0.3, 0.4) is 0 Å². The van der Waals surface area contributed by atoms with Gasteiger partial charge in [-0.3, -0.25) is 0 Å². The van der Waals surface area contributed by atoms with Crippen molar-refractivity contribution in [1.29, 1.82) is 0 Å². The van der Waals surface area contributed by atoms with Crippen LogP contribution < -0.4 is 4.74 Å². The maximum atomic E-state index is 5.44. The summed E-state index contributed by atoms with van der Waals surface area (Å²) in [6.45, 7) is 3.49. The number of aryl methyl sites for hydroxylation is 1. The van der Waals surface area contributed by atoms with E-state index in [4.69, 9.17) is 4.74 Å². The van der Waals surface area contributed by atoms with Gasteiger partial charge in [-0.25, -0.2) is 0 Å². The van der Waals surface area contributed by atoms with Gasteiger partial charge in [0.2, 0.25) is 0 Å². The maximum absolute atomic E-state index is 5.44. The summed E-state index contributed by atoms with van der Waals surface area (Å²) in [5.74, 6) is 1.00. The first-order valence-corrected chi connectivity index (χ1v) is 4.22. The summed E-state index contributed by atoms with van der Waals surface area (Å²) in [4.78, 5) is 0. The van der Waals surface area contributed by atoms with Gasteiger partial charge in [-0.1, -0.05) is 17.7 Å². The Bertz CT molecular complexity index is 288. The topological polar surface area (TPSA) is 23.3 Å². The molecule has 1 radical (unpaired) electrons. The van der Waals surface area contributed by atoms with Gasteiger partial charge in [-0.2, -0.15) is 0 Å². The molecule has 0 saturated heterocycles. The quantitative estimate of drug-likeness (QED) is 0.668. The Hall–Kier alpha value is 0.422. The van der Waals surface area contributed by atoms with Crippen LogP contribution in [-0.2, 0) is 6.42 Å². The third-order valence-corrected chi connectivity index (χ3v) is 2.07. The zero-order valence-corrected chi connectivity index (χ0v) is 12.5. The molecule has 2 nitrogen and oxygen atoms in total. The summed E-state index contributed by atoms with van der Waals surface area (Å²) in [7, 11) is 0. The van der Waals surface area contributed by atoms with Crippen molar-refractivity contribution in [3.63, 3.8) is 0 Å². The van der Waals surface area contributed by atoms with E-state index in [-0.39, 0.29) is 44.1 Å². The predicted octanol–water partition coefficient (Wildman–Crippen LogP) is 2.26. The van der Waals surface area contributed by atoms with Crippen molar-refractivity contribution in [2.24, 2.45) is 0 Å². The smallest absolute Gasteiger partial charge is 0.119 e. The fraction of sp³-hybridized carbons (Fsp3) is 0.400. The molecule has 0 spiro atoms. The van der Waals surface area contributed by atoms with Gasteiger partial charge in [-0.15, -0.1) is 6.54 Å². The van der Waals surface area contributed by atoms with Crippen molar-refractivity contribution in [3.05, 3.63) is 34.6 Å². The minimum atomic E-state index is 0. The summed E-state index contributed by atoms with van der Waals surface area (Å²) >= 11 is 0. The van der Waals surface area contributed by atoms with Crippen molar-refractivity contribution in [1.82, 2.24) is 0 Å². The Morgan fingerprint density at radius 2 is 2.23 bits per heavy atom. The molecular formula is C10H12AcNO-. The first kappa shape index (κ1) is 11.5. The van der Waals surface area contributed by atoms with Crippen molar-refractivity contribution < 1.29 is 48.8 Å². The molecule has 0 atom stereocenters. The molecule has 0 aliphatic carbocycles. The zero-order chi connectivity index (χ0) is 8.39. The summed E-state index contributed by atoms with van der Waals surface area (Å²) in [5.41, 5.74) is 2.58. The number of fused-ring (bicyclic) bond motifs is 1. The molecule has 0 saturated carbocycles. The van der Waals surface area contributed by atoms with Gasteiger partial charge in [0.05, 0.1) is 0 Å². The number of rotatable bonds is 0. The average Bonchev–Trinajstić information content (AvgIpc) is 2.28. The van der Waals surface area contributed by atoms with Crippen LogP contribution >= 0.6 is 0 Å². The fourth-order valence-electron chi connectivity index (χ4n) is 1.42. The third kappa shape index (κ3) is 2.94. The Morgan fingerprint density at radius 1 is 1.38 bits per heavy atom. The van der Waals surface area contributed by atoms with Gasteiger partial charge in [0.1, 0.15) is 5.75 Å². The van der Waals surface area contributed by atoms with Crippen LogP contribution in [0.1, 0.15) is 11.1 Å². The molecule has 0 bridgehead atoms. The molecule has 0 aromatic heterocycles. The molecular weight excluding hydrogens is 377 g/mol. The second-order valence-electron chi connectivity index (χ2n) is 3.08. The van der Waals surface area contributed by atoms with Crippen molar-refractivity contribution in [2.75, 3.05) is 13.3 Å². The first-order valence-electron chi connectivity index (χ1n) is 4.22. The van der Waals surface area contributed by atoms with E-state index in [0.29, 0.717) is 6.73 Å². The van der Waals surface area contributed by atoms with E-state index < -0.39 is 0 Å². The number of benzene rings is 1. The molecule has 1 aromatic carbocycles. The van der Waals surface area contributed by atoms with E-state index in [9.17, 15) is 0 Å². The van der Waals surface area contributed by atoms with Crippen LogP contribution in [0.4, 0.5) is 0 Å². The molecule has 1 aromatic rings. The molecule has 1 aliphatic heterocycles. The summed E-state index contributed by atoms with van der Waals surface area (Å²) < 4.78 is 5.44. The number of ether oxygens (including phenoxy) is 1. The minimum absolute atomic E-state index is 0. The van der Waals surface area contributed by atoms with Gasteiger partial charge in [0.25, 0.3) is 0 Å². The molecule has 2 rings (SSSR count). The van der Waals surface area contributed by atoms with Crippen LogP contribution in [0.15, 0.2) is 18.2 Å². The van der Waals surface area contributed by atoms with Gasteiger partial charge in [0, 0.05) is 50.8 Å². The summed E-state index contributed by atoms with van der Waals surface area (Å²) in [6.07, 6.45) is 1.01. The van der Waals surface area contributed by atoms with Crippen molar-refractivity contribution >= 4 is 0 Å². The van der Waals surface area contributed by atoms with E-state index in [1.165, 1.54) is 11.1 Å². The van der Waals surface area contributed by atoms with E-state index in [0.717, 1.165) is 18.7 Å². The van der Waals surface area contributed by atoms with Crippen LogP contribution in [0.25, 0.3) is 5.32 Å². The van der Waals surface area contributed by atoms with E-state index >= 15 is 0 Å². The molecule has 0 N–H and O–H groups in total. The van der Waals surface area contributed by atoms with E-state index in [1.54, 1.807) is 0 Å². The molecule has 1 aliphatic rings. The first-order chi connectivity index (χ1) is 5.86. The largest absolute Gasteiger partial charge is 0.629 e. The van der Waals surface area contributed by atoms with Gasteiger partial charge in [-0.05, 0) is 25.0 Å². The zero-order valence-electron chi connectivity index (χ0n) is 7.79. The summed E-state index contributed by atoms with van der Waals surface area (Å²) in [6, 6.07) is 6.28. The molecule has 13 heavy (non-hydrogen) atoms. The Morgan fingerprint density at radius 3 is 3.08 bits per heavy atom. The molecule has 1 heterocycles. The van der Waals surface area contributed by atoms with Gasteiger partial charge in [0.15, 0.2) is 0 Å². The van der Waals surface area contributed by atoms with Crippen molar-refractivity contribution in [3.8, 4) is 5.75 Å². The summed E-state index contributed by atoms with van der Waals surface area (Å²) in [5, 5.41) is 4.19. The minimum Gasteiger partial charge on any atom is -0.629 e. The molecule has 3 heteroatoms. The van der Waals surface area contributed by atoms with E-state index in [1.807, 2.05) is 6.07 Å². The van der Waals surface area contributed by atoms with Crippen LogP contribution in [0, 0.1) is 51.0 Å². The third-order valence-electron chi connectivity index (χ3n) is 2.07. The van der Waals surface area contributed by atoms with Gasteiger partial charge < -0.3 is 10.1 Å². The van der Waals surface area contributed by atoms with Crippen LogP contribution in [0.5, 0.6) is 5.75 Å². The monoisotopic (exact) mass is 389 g/mol. The standard InChI is InChI=1S/C10H12NO.Ac/c1-8-2-3-10-9(6-8)4-5-11-7-12-10;/h2-3,6H,4-5,7H2,1H3;/q-1;. The van der Waals surface area contributed by atoms with Crippen LogP contribution in [-0.4, -0.2) is 13.3 Å². The van der Waals surface area contributed by atoms with Crippen molar-refractivity contribution in [2.45, 2.75) is 13.3 Å². The van der Waals surface area contributed by atoms with E-state index in [2.05, 4.69) is 24.4 Å².